The van der Waals surface area contributed by atoms with Crippen molar-refractivity contribution >= 4 is 17.7 Å². The van der Waals surface area contributed by atoms with E-state index in [9.17, 15) is 9.59 Å². The Kier molecular flexibility index (Phi) is 4.95. The van der Waals surface area contributed by atoms with Gasteiger partial charge in [-0.25, -0.2) is 4.79 Å². The Bertz CT molecular complexity index is 467. The number of amides is 2. The van der Waals surface area contributed by atoms with E-state index in [1.165, 1.54) is 7.11 Å². The number of anilines is 1. The highest BCUT2D eigenvalue weighted by Gasteiger charge is 2.16. The highest BCUT2D eigenvalue weighted by molar-refractivity contribution is 5.95. The van der Waals surface area contributed by atoms with E-state index in [1.807, 2.05) is 0 Å². The fraction of sp³-hybridized carbons (Fsp3) is 0.429. The first-order chi connectivity index (χ1) is 9.69. The molecule has 1 saturated heterocycles. The van der Waals surface area contributed by atoms with Crippen LogP contribution in [0.25, 0.3) is 0 Å². The molecule has 2 amide bonds. The zero-order chi connectivity index (χ0) is 14.4. The number of nitrogens with one attached hydrogen (secondary N) is 2. The molecule has 1 fully saturated rings. The fourth-order valence-electron chi connectivity index (χ4n) is 1.99. The topological polar surface area (TPSA) is 76.7 Å². The monoisotopic (exact) mass is 278 g/mol. The van der Waals surface area contributed by atoms with E-state index in [-0.39, 0.29) is 12.0 Å². The molecule has 0 bridgehead atoms. The highest BCUT2D eigenvalue weighted by Crippen LogP contribution is 2.12. The number of ether oxygens (including phenoxy) is 2. The Hall–Kier alpha value is -2.08. The Morgan fingerprint density at radius 1 is 1.35 bits per heavy atom. The summed E-state index contributed by atoms with van der Waals surface area (Å²) < 4.78 is 9.92. The van der Waals surface area contributed by atoms with E-state index in [4.69, 9.17) is 4.74 Å². The third-order valence-electron chi connectivity index (χ3n) is 3.09. The van der Waals surface area contributed by atoms with Crippen molar-refractivity contribution in [2.45, 2.75) is 18.9 Å². The molecule has 108 valence electrons. The molecule has 1 aromatic carbocycles. The molecule has 1 aromatic rings. The molecule has 0 radical (unpaired) electrons. The number of rotatable bonds is 4. The number of carbonyl (C=O) groups is 2. The van der Waals surface area contributed by atoms with E-state index in [2.05, 4.69) is 15.4 Å². The number of methoxy groups -OCH3 is 1. The first kappa shape index (κ1) is 14.3. The molecular weight excluding hydrogens is 260 g/mol. The lowest BCUT2D eigenvalue weighted by molar-refractivity contribution is 0.0858. The molecular formula is C14H18N2O4. The van der Waals surface area contributed by atoms with Crippen LogP contribution in [0.1, 0.15) is 23.2 Å². The molecule has 0 aliphatic carbocycles. The van der Waals surface area contributed by atoms with Crippen LogP contribution < -0.4 is 10.6 Å². The summed E-state index contributed by atoms with van der Waals surface area (Å²) in [4.78, 5) is 22.9. The van der Waals surface area contributed by atoms with E-state index < -0.39 is 6.09 Å². The largest absolute Gasteiger partial charge is 0.453 e. The molecule has 2 N–H and O–H groups in total. The minimum atomic E-state index is -0.541. The fourth-order valence-corrected chi connectivity index (χ4v) is 1.99. The van der Waals surface area contributed by atoms with E-state index >= 15 is 0 Å². The molecule has 0 unspecified atom stereocenters. The van der Waals surface area contributed by atoms with Gasteiger partial charge in [0, 0.05) is 24.4 Å². The molecule has 0 saturated carbocycles. The van der Waals surface area contributed by atoms with Crippen molar-refractivity contribution in [3.63, 3.8) is 0 Å². The van der Waals surface area contributed by atoms with Crippen molar-refractivity contribution in [3.8, 4) is 0 Å². The molecule has 20 heavy (non-hydrogen) atoms. The molecule has 2 rings (SSSR count). The summed E-state index contributed by atoms with van der Waals surface area (Å²) in [5.41, 5.74) is 1.12. The Morgan fingerprint density at radius 2 is 2.10 bits per heavy atom. The molecule has 1 atom stereocenters. The molecule has 6 nitrogen and oxygen atoms in total. The van der Waals surface area contributed by atoms with Crippen LogP contribution in [0.15, 0.2) is 24.3 Å². The van der Waals surface area contributed by atoms with Crippen LogP contribution in [-0.2, 0) is 9.47 Å². The Labute approximate surface area is 117 Å². The van der Waals surface area contributed by atoms with Gasteiger partial charge in [0.1, 0.15) is 0 Å². The van der Waals surface area contributed by atoms with Gasteiger partial charge in [0.15, 0.2) is 0 Å². The quantitative estimate of drug-likeness (QED) is 0.880. The lowest BCUT2D eigenvalue weighted by Crippen LogP contribution is -2.31. The maximum atomic E-state index is 11.9. The molecule has 0 aromatic heterocycles. The minimum Gasteiger partial charge on any atom is -0.453 e. The molecule has 1 aliphatic rings. The summed E-state index contributed by atoms with van der Waals surface area (Å²) in [5.74, 6) is -0.148. The van der Waals surface area contributed by atoms with Crippen LogP contribution in [-0.4, -0.2) is 38.4 Å². The molecule has 6 heteroatoms. The van der Waals surface area contributed by atoms with Gasteiger partial charge in [0.05, 0.1) is 13.2 Å². The van der Waals surface area contributed by atoms with Gasteiger partial charge in [-0.3, -0.25) is 10.1 Å². The Morgan fingerprint density at radius 3 is 2.70 bits per heavy atom. The van der Waals surface area contributed by atoms with Gasteiger partial charge < -0.3 is 14.8 Å². The number of hydrogen-bond donors (Lipinski definition) is 2. The van der Waals surface area contributed by atoms with E-state index in [0.29, 0.717) is 17.8 Å². The van der Waals surface area contributed by atoms with Crippen LogP contribution in [0.4, 0.5) is 10.5 Å². The second-order valence-electron chi connectivity index (χ2n) is 4.54. The van der Waals surface area contributed by atoms with Crippen LogP contribution in [0.5, 0.6) is 0 Å². The SMILES string of the molecule is COC(=O)Nc1ccc(C(=O)NC[C@@H]2CCCO2)cc1. The summed E-state index contributed by atoms with van der Waals surface area (Å²) in [6.07, 6.45) is 1.62. The van der Waals surface area contributed by atoms with Crippen LogP contribution in [0.3, 0.4) is 0 Å². The van der Waals surface area contributed by atoms with Crippen LogP contribution in [0, 0.1) is 0 Å². The zero-order valence-corrected chi connectivity index (χ0v) is 11.3. The van der Waals surface area contributed by atoms with E-state index in [1.54, 1.807) is 24.3 Å². The maximum Gasteiger partial charge on any atom is 0.411 e. The molecule has 1 aliphatic heterocycles. The average molecular weight is 278 g/mol. The third kappa shape index (κ3) is 3.96. The van der Waals surface area contributed by atoms with Crippen molar-refractivity contribution in [2.75, 3.05) is 25.6 Å². The van der Waals surface area contributed by atoms with Gasteiger partial charge in [-0.15, -0.1) is 0 Å². The van der Waals surface area contributed by atoms with Crippen molar-refractivity contribution in [1.82, 2.24) is 5.32 Å². The van der Waals surface area contributed by atoms with E-state index in [0.717, 1.165) is 19.4 Å². The van der Waals surface area contributed by atoms with Gasteiger partial charge in [-0.2, -0.15) is 0 Å². The minimum absolute atomic E-state index is 0.124. The molecule has 0 spiro atoms. The number of hydrogen-bond acceptors (Lipinski definition) is 4. The lowest BCUT2D eigenvalue weighted by Gasteiger charge is -2.11. The normalized spacial score (nSPS) is 17.6. The Balaban J connectivity index is 1.85. The first-order valence-corrected chi connectivity index (χ1v) is 6.54. The summed E-state index contributed by atoms with van der Waals surface area (Å²) in [5, 5.41) is 5.36. The second kappa shape index (κ2) is 6.91. The van der Waals surface area contributed by atoms with Crippen molar-refractivity contribution in [3.05, 3.63) is 29.8 Å². The van der Waals surface area contributed by atoms with Gasteiger partial charge in [0.2, 0.25) is 0 Å². The smallest absolute Gasteiger partial charge is 0.411 e. The van der Waals surface area contributed by atoms with Crippen molar-refractivity contribution in [2.24, 2.45) is 0 Å². The van der Waals surface area contributed by atoms with Crippen LogP contribution >= 0.6 is 0 Å². The van der Waals surface area contributed by atoms with Gasteiger partial charge >= 0.3 is 6.09 Å². The third-order valence-corrected chi connectivity index (χ3v) is 3.09. The van der Waals surface area contributed by atoms with Gasteiger partial charge in [-0.1, -0.05) is 0 Å². The lowest BCUT2D eigenvalue weighted by atomic mass is 10.2. The van der Waals surface area contributed by atoms with Crippen molar-refractivity contribution in [1.29, 1.82) is 0 Å². The van der Waals surface area contributed by atoms with Gasteiger partial charge in [0.25, 0.3) is 5.91 Å². The standard InChI is InChI=1S/C14H18N2O4/c1-19-14(18)16-11-6-4-10(5-7-11)13(17)15-9-12-3-2-8-20-12/h4-7,12H,2-3,8-9H2,1H3,(H,15,17)(H,16,18)/t12-/m0/s1. The second-order valence-corrected chi connectivity index (χ2v) is 4.54. The van der Waals surface area contributed by atoms with Crippen molar-refractivity contribution < 1.29 is 19.1 Å². The number of carbonyl (C=O) groups excluding carboxylic acids is 2. The predicted octanol–water partition coefficient (Wildman–Crippen LogP) is 1.77. The zero-order valence-electron chi connectivity index (χ0n) is 11.3. The highest BCUT2D eigenvalue weighted by atomic mass is 16.5. The average Bonchev–Trinajstić information content (AvgIpc) is 2.98. The molecule has 1 heterocycles. The predicted molar refractivity (Wildman–Crippen MR) is 73.8 cm³/mol. The number of benzene rings is 1. The summed E-state index contributed by atoms with van der Waals surface area (Å²) in [6.45, 7) is 1.30. The maximum absolute atomic E-state index is 11.9. The van der Waals surface area contributed by atoms with Crippen LogP contribution in [0.2, 0.25) is 0 Å². The summed E-state index contributed by atoms with van der Waals surface area (Å²) >= 11 is 0. The first-order valence-electron chi connectivity index (χ1n) is 6.54. The summed E-state index contributed by atoms with van der Waals surface area (Å²) in [7, 11) is 1.29. The summed E-state index contributed by atoms with van der Waals surface area (Å²) in [6, 6.07) is 6.60. The van der Waals surface area contributed by atoms with Gasteiger partial charge in [-0.05, 0) is 37.1 Å².